The molecule has 0 atom stereocenters. The first kappa shape index (κ1) is 21.8. The monoisotopic (exact) mass is 454 g/mol. The number of allylic oxidation sites excluding steroid dienone is 1. The maximum atomic E-state index is 13.3. The van der Waals surface area contributed by atoms with Crippen molar-refractivity contribution in [3.8, 4) is 11.1 Å². The van der Waals surface area contributed by atoms with Gasteiger partial charge in [0.1, 0.15) is 10.9 Å². The number of hydrogen-bond donors (Lipinski definition) is 0. The minimum atomic E-state index is -0.250. The van der Waals surface area contributed by atoms with Gasteiger partial charge in [0.05, 0.1) is 11.1 Å². The van der Waals surface area contributed by atoms with Crippen LogP contribution in [-0.4, -0.2) is 27.4 Å². The van der Waals surface area contributed by atoms with Gasteiger partial charge in [-0.1, -0.05) is 55.1 Å². The molecule has 1 fully saturated rings. The first-order chi connectivity index (χ1) is 15.1. The molecule has 162 valence electrons. The van der Waals surface area contributed by atoms with Crippen LogP contribution in [0.15, 0.2) is 58.3 Å². The third-order valence-electron chi connectivity index (χ3n) is 5.64. The second-order valence-corrected chi connectivity index (χ2v) is 9.76. The van der Waals surface area contributed by atoms with E-state index >= 15 is 0 Å². The largest absolute Gasteiger partial charge is 0.462 e. The quantitative estimate of drug-likeness (QED) is 0.203. The average molecular weight is 455 g/mol. The van der Waals surface area contributed by atoms with Crippen LogP contribution in [-0.2, 0) is 16.1 Å². The van der Waals surface area contributed by atoms with E-state index in [1.807, 2.05) is 35.7 Å². The Kier molecular flexibility index (Phi) is 6.92. The summed E-state index contributed by atoms with van der Waals surface area (Å²) in [7, 11) is 0. The Balaban J connectivity index is 1.56. The highest BCUT2D eigenvalue weighted by Crippen LogP contribution is 2.32. The summed E-state index contributed by atoms with van der Waals surface area (Å²) in [6.07, 6.45) is 5.76. The number of hydrogen-bond acceptors (Lipinski definition) is 6. The highest BCUT2D eigenvalue weighted by atomic mass is 32.2. The highest BCUT2D eigenvalue weighted by Gasteiger charge is 2.22. The van der Waals surface area contributed by atoms with Crippen LogP contribution in [0.4, 0.5) is 0 Å². The summed E-state index contributed by atoms with van der Waals surface area (Å²) < 4.78 is 7.24. The lowest BCUT2D eigenvalue weighted by Crippen LogP contribution is -2.25. The normalized spacial score (nSPS) is 18.7. The number of thioether (sulfide) groups is 1. The molecular weight excluding hydrogens is 428 g/mol. The summed E-state index contributed by atoms with van der Waals surface area (Å²) >= 11 is 2.70. The van der Waals surface area contributed by atoms with Crippen LogP contribution in [0.2, 0.25) is 0 Å². The Bertz CT molecular complexity index is 1130. The Hall–Kier alpha value is -2.38. The maximum Gasteiger partial charge on any atom is 0.316 e. The van der Waals surface area contributed by atoms with Crippen molar-refractivity contribution in [2.24, 2.45) is 5.92 Å². The molecule has 0 amide bonds. The summed E-state index contributed by atoms with van der Waals surface area (Å²) in [5.74, 6) is 0.596. The van der Waals surface area contributed by atoms with Crippen molar-refractivity contribution >= 4 is 39.3 Å². The standard InChI is InChI=1S/C24H26N2O3S2/c1-3-13-26-23(28)21-19(17-7-5-4-6-8-17)14-30-22(21)25-24(26)31-15-20(27)29-18-11-9-16(2)10-12-18/h3-8,14,16,18H,1,9-13,15H2,2H3. The lowest BCUT2D eigenvalue weighted by molar-refractivity contribution is -0.147. The van der Waals surface area contributed by atoms with Gasteiger partial charge < -0.3 is 4.74 Å². The molecule has 4 rings (SSSR count). The Labute approximate surface area is 190 Å². The van der Waals surface area contributed by atoms with Crippen LogP contribution in [0.25, 0.3) is 21.3 Å². The summed E-state index contributed by atoms with van der Waals surface area (Å²) in [5, 5.41) is 3.11. The van der Waals surface area contributed by atoms with Gasteiger partial charge in [-0.2, -0.15) is 0 Å². The molecule has 1 saturated carbocycles. The third kappa shape index (κ3) is 4.93. The van der Waals surface area contributed by atoms with Crippen molar-refractivity contribution in [1.82, 2.24) is 9.55 Å². The molecule has 31 heavy (non-hydrogen) atoms. The van der Waals surface area contributed by atoms with Crippen LogP contribution >= 0.6 is 23.1 Å². The van der Waals surface area contributed by atoms with Gasteiger partial charge in [-0.15, -0.1) is 17.9 Å². The molecule has 2 heterocycles. The van der Waals surface area contributed by atoms with Crippen molar-refractivity contribution < 1.29 is 9.53 Å². The molecule has 0 radical (unpaired) electrons. The van der Waals surface area contributed by atoms with Gasteiger partial charge in [-0.05, 0) is 37.2 Å². The molecule has 0 bridgehead atoms. The van der Waals surface area contributed by atoms with Crippen LogP contribution < -0.4 is 5.56 Å². The van der Waals surface area contributed by atoms with E-state index in [0.717, 1.165) is 36.8 Å². The zero-order valence-electron chi connectivity index (χ0n) is 17.6. The number of aromatic nitrogens is 2. The van der Waals surface area contributed by atoms with E-state index in [1.54, 1.807) is 10.6 Å². The fraction of sp³-hybridized carbons (Fsp3) is 0.375. The molecule has 0 unspecified atom stereocenters. The number of benzene rings is 1. The van der Waals surface area contributed by atoms with E-state index in [-0.39, 0.29) is 23.4 Å². The maximum absolute atomic E-state index is 13.3. The zero-order chi connectivity index (χ0) is 21.8. The molecule has 7 heteroatoms. The summed E-state index contributed by atoms with van der Waals surface area (Å²) in [6, 6.07) is 9.84. The minimum Gasteiger partial charge on any atom is -0.462 e. The molecule has 1 aliphatic rings. The molecule has 3 aromatic rings. The van der Waals surface area contributed by atoms with E-state index in [4.69, 9.17) is 9.72 Å². The number of thiophene rings is 1. The van der Waals surface area contributed by atoms with Crippen molar-refractivity contribution in [2.75, 3.05) is 5.75 Å². The van der Waals surface area contributed by atoms with Crippen molar-refractivity contribution in [3.05, 3.63) is 58.7 Å². The molecule has 2 aromatic heterocycles. The van der Waals surface area contributed by atoms with Crippen molar-refractivity contribution in [2.45, 2.75) is 50.4 Å². The van der Waals surface area contributed by atoms with Crippen LogP contribution in [0.1, 0.15) is 32.6 Å². The molecule has 0 saturated heterocycles. The predicted octanol–water partition coefficient (Wildman–Crippen LogP) is 5.53. The molecule has 0 spiro atoms. The topological polar surface area (TPSA) is 61.2 Å². The molecule has 0 N–H and O–H groups in total. The molecule has 5 nitrogen and oxygen atoms in total. The van der Waals surface area contributed by atoms with Gasteiger partial charge in [-0.3, -0.25) is 14.2 Å². The number of ether oxygens (including phenoxy) is 1. The Morgan fingerprint density at radius 1 is 1.29 bits per heavy atom. The molecule has 1 aliphatic carbocycles. The van der Waals surface area contributed by atoms with E-state index in [9.17, 15) is 9.59 Å². The molecule has 1 aromatic carbocycles. The predicted molar refractivity (Wildman–Crippen MR) is 128 cm³/mol. The average Bonchev–Trinajstić information content (AvgIpc) is 3.21. The van der Waals surface area contributed by atoms with Gasteiger partial charge in [0.25, 0.3) is 5.56 Å². The number of carbonyl (C=O) groups excluding carboxylic acids is 1. The van der Waals surface area contributed by atoms with Crippen molar-refractivity contribution in [1.29, 1.82) is 0 Å². The number of rotatable bonds is 7. The second kappa shape index (κ2) is 9.83. The van der Waals surface area contributed by atoms with Crippen LogP contribution in [0.5, 0.6) is 0 Å². The minimum absolute atomic E-state index is 0.0147. The van der Waals surface area contributed by atoms with Gasteiger partial charge in [0.15, 0.2) is 5.16 Å². The summed E-state index contributed by atoms with van der Waals surface area (Å²) in [5.41, 5.74) is 1.77. The highest BCUT2D eigenvalue weighted by molar-refractivity contribution is 7.99. The first-order valence-corrected chi connectivity index (χ1v) is 12.4. The van der Waals surface area contributed by atoms with E-state index in [2.05, 4.69) is 13.5 Å². The van der Waals surface area contributed by atoms with Crippen molar-refractivity contribution in [3.63, 3.8) is 0 Å². The molecule has 0 aliphatic heterocycles. The second-order valence-electron chi connectivity index (χ2n) is 7.95. The number of fused-ring (bicyclic) bond motifs is 1. The van der Waals surface area contributed by atoms with Gasteiger partial charge in [0.2, 0.25) is 0 Å². The zero-order valence-corrected chi connectivity index (χ0v) is 19.2. The van der Waals surface area contributed by atoms with Gasteiger partial charge in [0, 0.05) is 17.5 Å². The van der Waals surface area contributed by atoms with Crippen LogP contribution in [0.3, 0.4) is 0 Å². The SMILES string of the molecule is C=CCn1c(SCC(=O)OC2CCC(C)CC2)nc2scc(-c3ccccc3)c2c1=O. The fourth-order valence-corrected chi connectivity index (χ4v) is 5.71. The van der Waals surface area contributed by atoms with Crippen LogP contribution in [0, 0.1) is 5.92 Å². The smallest absolute Gasteiger partial charge is 0.316 e. The lowest BCUT2D eigenvalue weighted by Gasteiger charge is -2.25. The van der Waals surface area contributed by atoms with E-state index in [1.165, 1.54) is 23.1 Å². The Morgan fingerprint density at radius 2 is 2.03 bits per heavy atom. The summed E-state index contributed by atoms with van der Waals surface area (Å²) in [4.78, 5) is 31.1. The number of nitrogens with zero attached hydrogens (tertiary/aromatic N) is 2. The Morgan fingerprint density at radius 3 is 2.74 bits per heavy atom. The van der Waals surface area contributed by atoms with Gasteiger partial charge in [-0.25, -0.2) is 4.98 Å². The fourth-order valence-electron chi connectivity index (χ4n) is 3.93. The van der Waals surface area contributed by atoms with E-state index < -0.39 is 0 Å². The summed E-state index contributed by atoms with van der Waals surface area (Å²) in [6.45, 7) is 6.35. The molecular formula is C24H26N2O3S2. The first-order valence-electron chi connectivity index (χ1n) is 10.6. The number of esters is 1. The lowest BCUT2D eigenvalue weighted by atomic mass is 9.89. The van der Waals surface area contributed by atoms with E-state index in [0.29, 0.717) is 27.8 Å². The number of carbonyl (C=O) groups is 1. The third-order valence-corrected chi connectivity index (χ3v) is 7.46. The van der Waals surface area contributed by atoms with Gasteiger partial charge >= 0.3 is 5.97 Å².